The minimum atomic E-state index is 0.119. The Morgan fingerprint density at radius 2 is 2.00 bits per heavy atom. The van der Waals surface area contributed by atoms with Gasteiger partial charge in [0.25, 0.3) is 0 Å². The molecule has 0 saturated heterocycles. The molecule has 1 aromatic carbocycles. The molecule has 3 heteroatoms. The summed E-state index contributed by atoms with van der Waals surface area (Å²) in [6.07, 6.45) is 0. The zero-order valence-electron chi connectivity index (χ0n) is 6.83. The van der Waals surface area contributed by atoms with E-state index >= 15 is 0 Å². The van der Waals surface area contributed by atoms with Crippen molar-refractivity contribution in [2.75, 3.05) is 13.2 Å². The Balaban J connectivity index is 2.46. The molecule has 0 atom stereocenters. The molecule has 3 nitrogen and oxygen atoms in total. The van der Waals surface area contributed by atoms with Crippen LogP contribution in [0.3, 0.4) is 0 Å². The predicted molar refractivity (Wildman–Crippen MR) is 46.9 cm³/mol. The number of aliphatic hydroxyl groups excluding tert-OH is 1. The number of nitrogens with one attached hydrogen (secondary N) is 1. The molecule has 0 aliphatic rings. The molecule has 0 aromatic heterocycles. The minimum absolute atomic E-state index is 0.119. The number of phenols is 1. The van der Waals surface area contributed by atoms with Gasteiger partial charge in [0.2, 0.25) is 0 Å². The van der Waals surface area contributed by atoms with E-state index < -0.39 is 0 Å². The van der Waals surface area contributed by atoms with Crippen LogP contribution in [0.5, 0.6) is 5.75 Å². The fraction of sp³-hybridized carbons (Fsp3) is 0.333. The van der Waals surface area contributed by atoms with Crippen molar-refractivity contribution < 1.29 is 10.2 Å². The van der Waals surface area contributed by atoms with Crippen LogP contribution >= 0.6 is 0 Å². The fourth-order valence-electron chi connectivity index (χ4n) is 0.962. The van der Waals surface area contributed by atoms with Crippen LogP contribution in [-0.2, 0) is 6.54 Å². The summed E-state index contributed by atoms with van der Waals surface area (Å²) < 4.78 is 0. The van der Waals surface area contributed by atoms with E-state index in [0.29, 0.717) is 18.8 Å². The molecule has 1 aromatic rings. The van der Waals surface area contributed by atoms with E-state index in [1.54, 1.807) is 12.1 Å². The smallest absolute Gasteiger partial charge is 0.120 e. The molecule has 0 spiro atoms. The highest BCUT2D eigenvalue weighted by atomic mass is 16.3. The molecule has 66 valence electrons. The summed E-state index contributed by atoms with van der Waals surface area (Å²) in [4.78, 5) is 0. The maximum atomic E-state index is 9.31. The molecular weight excluding hydrogens is 154 g/mol. The summed E-state index contributed by atoms with van der Waals surface area (Å²) in [7, 11) is 0. The maximum absolute atomic E-state index is 9.31. The standard InChI is InChI=1S/C9H13NO2/c11-6-5-10-7-8-3-1-2-4-9(8)12/h1-4,10-12H,5-7H2. The van der Waals surface area contributed by atoms with Crippen molar-refractivity contribution in [3.63, 3.8) is 0 Å². The first kappa shape index (κ1) is 9.03. The molecule has 0 unspecified atom stereocenters. The van der Waals surface area contributed by atoms with Gasteiger partial charge in [0, 0.05) is 18.7 Å². The van der Waals surface area contributed by atoms with Gasteiger partial charge in [-0.25, -0.2) is 0 Å². The second-order valence-corrected chi connectivity index (χ2v) is 2.53. The Bertz CT molecular complexity index is 238. The van der Waals surface area contributed by atoms with Crippen molar-refractivity contribution in [1.29, 1.82) is 0 Å². The molecule has 1 rings (SSSR count). The molecule has 0 aliphatic heterocycles. The van der Waals surface area contributed by atoms with Crippen LogP contribution in [0, 0.1) is 0 Å². The Kier molecular flexibility index (Phi) is 3.57. The third-order valence-corrected chi connectivity index (χ3v) is 1.60. The molecule has 0 heterocycles. The third kappa shape index (κ3) is 2.53. The van der Waals surface area contributed by atoms with Crippen molar-refractivity contribution in [3.8, 4) is 5.75 Å². The lowest BCUT2D eigenvalue weighted by Gasteiger charge is -2.04. The van der Waals surface area contributed by atoms with Crippen molar-refractivity contribution in [2.24, 2.45) is 0 Å². The minimum Gasteiger partial charge on any atom is -0.508 e. The highest BCUT2D eigenvalue weighted by molar-refractivity contribution is 5.31. The van der Waals surface area contributed by atoms with Gasteiger partial charge in [-0.3, -0.25) is 0 Å². The Morgan fingerprint density at radius 1 is 1.25 bits per heavy atom. The van der Waals surface area contributed by atoms with Gasteiger partial charge in [0.15, 0.2) is 0 Å². The molecule has 3 N–H and O–H groups in total. The lowest BCUT2D eigenvalue weighted by Crippen LogP contribution is -2.17. The van der Waals surface area contributed by atoms with Crippen molar-refractivity contribution in [2.45, 2.75) is 6.54 Å². The normalized spacial score (nSPS) is 10.1. The topological polar surface area (TPSA) is 52.5 Å². The number of para-hydroxylation sites is 1. The second-order valence-electron chi connectivity index (χ2n) is 2.53. The zero-order valence-corrected chi connectivity index (χ0v) is 6.83. The van der Waals surface area contributed by atoms with E-state index in [1.165, 1.54) is 0 Å². The van der Waals surface area contributed by atoms with E-state index in [-0.39, 0.29) is 6.61 Å². The predicted octanol–water partition coefficient (Wildman–Crippen LogP) is 0.474. The van der Waals surface area contributed by atoms with Gasteiger partial charge >= 0.3 is 0 Å². The molecule has 0 fully saturated rings. The molecule has 0 bridgehead atoms. The van der Waals surface area contributed by atoms with Gasteiger partial charge in [-0.15, -0.1) is 0 Å². The summed E-state index contributed by atoms with van der Waals surface area (Å²) in [6.45, 7) is 1.26. The summed E-state index contributed by atoms with van der Waals surface area (Å²) in [5, 5.41) is 20.8. The summed E-state index contributed by atoms with van der Waals surface area (Å²) >= 11 is 0. The highest BCUT2D eigenvalue weighted by Crippen LogP contribution is 2.14. The quantitative estimate of drug-likeness (QED) is 0.571. The first-order valence-electron chi connectivity index (χ1n) is 3.93. The second kappa shape index (κ2) is 4.74. The first-order chi connectivity index (χ1) is 5.84. The number of hydrogen-bond donors (Lipinski definition) is 3. The number of aliphatic hydroxyl groups is 1. The number of benzene rings is 1. The average molecular weight is 167 g/mol. The van der Waals surface area contributed by atoms with Crippen LogP contribution in [0.15, 0.2) is 24.3 Å². The van der Waals surface area contributed by atoms with Crippen LogP contribution in [0.1, 0.15) is 5.56 Å². The van der Waals surface area contributed by atoms with Gasteiger partial charge in [-0.05, 0) is 6.07 Å². The number of aromatic hydroxyl groups is 1. The van der Waals surface area contributed by atoms with Crippen LogP contribution in [0.2, 0.25) is 0 Å². The van der Waals surface area contributed by atoms with Gasteiger partial charge in [-0.2, -0.15) is 0 Å². The number of rotatable bonds is 4. The fourth-order valence-corrected chi connectivity index (χ4v) is 0.962. The van der Waals surface area contributed by atoms with Crippen LogP contribution < -0.4 is 5.32 Å². The third-order valence-electron chi connectivity index (χ3n) is 1.60. The summed E-state index contributed by atoms with van der Waals surface area (Å²) in [5.41, 5.74) is 0.853. The monoisotopic (exact) mass is 167 g/mol. The molecule has 0 amide bonds. The van der Waals surface area contributed by atoms with E-state index in [0.717, 1.165) is 5.56 Å². The summed E-state index contributed by atoms with van der Waals surface area (Å²) in [5.74, 6) is 0.294. The number of hydrogen-bond acceptors (Lipinski definition) is 3. The van der Waals surface area contributed by atoms with Crippen molar-refractivity contribution >= 4 is 0 Å². The molecule has 12 heavy (non-hydrogen) atoms. The van der Waals surface area contributed by atoms with Crippen LogP contribution in [-0.4, -0.2) is 23.4 Å². The van der Waals surface area contributed by atoms with Gasteiger partial charge in [0.1, 0.15) is 5.75 Å². The molecule has 0 saturated carbocycles. The Hall–Kier alpha value is -1.06. The van der Waals surface area contributed by atoms with E-state index in [4.69, 9.17) is 5.11 Å². The van der Waals surface area contributed by atoms with Crippen molar-refractivity contribution in [3.05, 3.63) is 29.8 Å². The first-order valence-corrected chi connectivity index (χ1v) is 3.93. The number of phenolic OH excluding ortho intramolecular Hbond substituents is 1. The van der Waals surface area contributed by atoms with Gasteiger partial charge in [0.05, 0.1) is 6.61 Å². The SMILES string of the molecule is OCCNCc1ccccc1O. The molecular formula is C9H13NO2. The van der Waals surface area contributed by atoms with Gasteiger partial charge in [-0.1, -0.05) is 18.2 Å². The Labute approximate surface area is 71.7 Å². The largest absolute Gasteiger partial charge is 0.508 e. The van der Waals surface area contributed by atoms with Crippen LogP contribution in [0.4, 0.5) is 0 Å². The zero-order chi connectivity index (χ0) is 8.81. The summed E-state index contributed by atoms with van der Waals surface area (Å²) in [6, 6.07) is 7.15. The Morgan fingerprint density at radius 3 is 2.67 bits per heavy atom. The van der Waals surface area contributed by atoms with E-state index in [9.17, 15) is 5.11 Å². The lowest BCUT2D eigenvalue weighted by molar-refractivity contribution is 0.291. The van der Waals surface area contributed by atoms with E-state index in [1.807, 2.05) is 12.1 Å². The highest BCUT2D eigenvalue weighted by Gasteiger charge is 1.96. The van der Waals surface area contributed by atoms with E-state index in [2.05, 4.69) is 5.32 Å². The lowest BCUT2D eigenvalue weighted by atomic mass is 10.2. The maximum Gasteiger partial charge on any atom is 0.120 e. The van der Waals surface area contributed by atoms with Crippen molar-refractivity contribution in [1.82, 2.24) is 5.32 Å². The molecule has 0 aliphatic carbocycles. The average Bonchev–Trinajstić information content (AvgIpc) is 2.09. The van der Waals surface area contributed by atoms with Crippen LogP contribution in [0.25, 0.3) is 0 Å². The van der Waals surface area contributed by atoms with Gasteiger partial charge < -0.3 is 15.5 Å². The molecule has 0 radical (unpaired) electrons.